The van der Waals surface area contributed by atoms with Crippen LogP contribution >= 0.6 is 11.6 Å². The van der Waals surface area contributed by atoms with Crippen molar-refractivity contribution < 1.29 is 22.6 Å². The number of rotatable bonds is 6. The van der Waals surface area contributed by atoms with E-state index in [9.17, 15) is 13.2 Å². The summed E-state index contributed by atoms with van der Waals surface area (Å²) in [5.74, 6) is 1.12. The molecule has 0 saturated carbocycles. The Morgan fingerprint density at radius 2 is 1.92 bits per heavy atom. The van der Waals surface area contributed by atoms with Crippen molar-refractivity contribution in [3.8, 4) is 11.5 Å². The first-order valence-electron chi connectivity index (χ1n) is 7.31. The number of methoxy groups -OCH3 is 1. The zero-order valence-electron chi connectivity index (χ0n) is 13.5. The van der Waals surface area contributed by atoms with Crippen LogP contribution in [0.4, 0.5) is 18.9 Å². The lowest BCUT2D eigenvalue weighted by Crippen LogP contribution is -2.05. The zero-order valence-corrected chi connectivity index (χ0v) is 14.3. The van der Waals surface area contributed by atoms with Crippen LogP contribution in [0.3, 0.4) is 0 Å². The Morgan fingerprint density at radius 1 is 1.16 bits per heavy atom. The van der Waals surface area contributed by atoms with E-state index >= 15 is 0 Å². The molecule has 25 heavy (non-hydrogen) atoms. The summed E-state index contributed by atoms with van der Waals surface area (Å²) < 4.78 is 48.8. The third-order valence-corrected chi connectivity index (χ3v) is 3.51. The SMILES string of the molecule is CCOc1ccc(/C=N/Nc2cc(C(F)(F)F)ccc2Cl)cc1OC. The second-order valence-electron chi connectivity index (χ2n) is 4.91. The van der Waals surface area contributed by atoms with Crippen molar-refractivity contribution in [1.82, 2.24) is 0 Å². The maximum absolute atomic E-state index is 12.7. The largest absolute Gasteiger partial charge is 0.493 e. The van der Waals surface area contributed by atoms with Gasteiger partial charge in [0.2, 0.25) is 0 Å². The van der Waals surface area contributed by atoms with E-state index in [1.165, 1.54) is 19.4 Å². The standard InChI is InChI=1S/C17H16ClF3N2O2/c1-3-25-15-7-4-11(8-16(15)24-2)10-22-23-14-9-12(17(19,20)21)5-6-13(14)18/h4-10,23H,3H2,1-2H3/b22-10+. The Labute approximate surface area is 148 Å². The highest BCUT2D eigenvalue weighted by Gasteiger charge is 2.30. The van der Waals surface area contributed by atoms with Crippen LogP contribution in [0.2, 0.25) is 5.02 Å². The molecule has 0 radical (unpaired) electrons. The minimum atomic E-state index is -4.45. The second-order valence-corrected chi connectivity index (χ2v) is 5.31. The van der Waals surface area contributed by atoms with Gasteiger partial charge in [-0.15, -0.1) is 0 Å². The molecule has 2 aromatic carbocycles. The van der Waals surface area contributed by atoms with Crippen molar-refractivity contribution in [3.63, 3.8) is 0 Å². The number of halogens is 4. The fourth-order valence-electron chi connectivity index (χ4n) is 2.00. The van der Waals surface area contributed by atoms with Gasteiger partial charge in [0.1, 0.15) is 0 Å². The Bertz CT molecular complexity index is 764. The van der Waals surface area contributed by atoms with Crippen LogP contribution in [0.25, 0.3) is 0 Å². The summed E-state index contributed by atoms with van der Waals surface area (Å²) in [6.45, 7) is 2.36. The fraction of sp³-hybridized carbons (Fsp3) is 0.235. The molecule has 0 atom stereocenters. The maximum atomic E-state index is 12.7. The smallest absolute Gasteiger partial charge is 0.416 e. The monoisotopic (exact) mass is 372 g/mol. The van der Waals surface area contributed by atoms with E-state index < -0.39 is 11.7 Å². The topological polar surface area (TPSA) is 42.8 Å². The summed E-state index contributed by atoms with van der Waals surface area (Å²) in [5, 5.41) is 4.06. The van der Waals surface area contributed by atoms with Crippen LogP contribution < -0.4 is 14.9 Å². The highest BCUT2D eigenvalue weighted by Crippen LogP contribution is 2.33. The average molecular weight is 373 g/mol. The van der Waals surface area contributed by atoms with Crippen molar-refractivity contribution in [2.24, 2.45) is 5.10 Å². The van der Waals surface area contributed by atoms with E-state index in [1.54, 1.807) is 18.2 Å². The first-order valence-corrected chi connectivity index (χ1v) is 7.69. The molecule has 0 aliphatic carbocycles. The first-order chi connectivity index (χ1) is 11.8. The number of nitrogens with one attached hydrogen (secondary N) is 1. The fourth-order valence-corrected chi connectivity index (χ4v) is 2.16. The van der Waals surface area contributed by atoms with Gasteiger partial charge in [-0.25, -0.2) is 0 Å². The second kappa shape index (κ2) is 8.11. The molecule has 0 aliphatic heterocycles. The maximum Gasteiger partial charge on any atom is 0.416 e. The number of nitrogens with zero attached hydrogens (tertiary/aromatic N) is 1. The van der Waals surface area contributed by atoms with Crippen molar-refractivity contribution >= 4 is 23.5 Å². The highest BCUT2D eigenvalue weighted by molar-refractivity contribution is 6.33. The number of benzene rings is 2. The molecule has 0 saturated heterocycles. The van der Waals surface area contributed by atoms with Gasteiger partial charge in [-0.1, -0.05) is 11.6 Å². The molecule has 134 valence electrons. The summed E-state index contributed by atoms with van der Waals surface area (Å²) in [7, 11) is 1.51. The van der Waals surface area contributed by atoms with E-state index in [2.05, 4.69) is 10.5 Å². The molecule has 0 heterocycles. The molecule has 0 aliphatic rings. The third-order valence-electron chi connectivity index (χ3n) is 3.18. The molecule has 1 N–H and O–H groups in total. The lowest BCUT2D eigenvalue weighted by atomic mass is 10.2. The summed E-state index contributed by atoms with van der Waals surface area (Å²) in [6, 6.07) is 8.15. The summed E-state index contributed by atoms with van der Waals surface area (Å²) in [6.07, 6.45) is -3.01. The number of anilines is 1. The van der Waals surface area contributed by atoms with Crippen molar-refractivity contribution in [1.29, 1.82) is 0 Å². The van der Waals surface area contributed by atoms with Gasteiger partial charge in [-0.2, -0.15) is 18.3 Å². The third kappa shape index (κ3) is 5.03. The van der Waals surface area contributed by atoms with Crippen molar-refractivity contribution in [2.75, 3.05) is 19.1 Å². The van der Waals surface area contributed by atoms with E-state index in [0.29, 0.717) is 23.7 Å². The van der Waals surface area contributed by atoms with E-state index in [1.807, 2.05) is 6.92 Å². The van der Waals surface area contributed by atoms with E-state index in [0.717, 1.165) is 12.1 Å². The van der Waals surface area contributed by atoms with Gasteiger partial charge in [0.25, 0.3) is 0 Å². The van der Waals surface area contributed by atoms with Gasteiger partial charge in [-0.3, -0.25) is 5.43 Å². The lowest BCUT2D eigenvalue weighted by molar-refractivity contribution is -0.137. The molecule has 0 bridgehead atoms. The number of hydrogen-bond acceptors (Lipinski definition) is 4. The summed E-state index contributed by atoms with van der Waals surface area (Å²) >= 11 is 5.89. The number of hydrogen-bond donors (Lipinski definition) is 1. The number of ether oxygens (including phenoxy) is 2. The summed E-state index contributed by atoms with van der Waals surface area (Å²) in [4.78, 5) is 0. The van der Waals surface area contributed by atoms with Crippen LogP contribution in [-0.4, -0.2) is 19.9 Å². The summed E-state index contributed by atoms with van der Waals surface area (Å²) in [5.41, 5.74) is 2.45. The average Bonchev–Trinajstić information content (AvgIpc) is 2.57. The predicted molar refractivity (Wildman–Crippen MR) is 91.8 cm³/mol. The lowest BCUT2D eigenvalue weighted by Gasteiger charge is -2.10. The molecular weight excluding hydrogens is 357 g/mol. The van der Waals surface area contributed by atoms with Crippen LogP contribution in [0.15, 0.2) is 41.5 Å². The Balaban J connectivity index is 2.16. The first kappa shape index (κ1) is 18.9. The highest BCUT2D eigenvalue weighted by atomic mass is 35.5. The van der Waals surface area contributed by atoms with Gasteiger partial charge in [0, 0.05) is 0 Å². The van der Waals surface area contributed by atoms with Crippen molar-refractivity contribution in [2.45, 2.75) is 13.1 Å². The molecule has 0 aromatic heterocycles. The van der Waals surface area contributed by atoms with Gasteiger partial charge < -0.3 is 9.47 Å². The minimum absolute atomic E-state index is 0.0608. The number of alkyl halides is 3. The van der Waals surface area contributed by atoms with Gasteiger partial charge in [0.15, 0.2) is 11.5 Å². The van der Waals surface area contributed by atoms with Crippen molar-refractivity contribution in [3.05, 3.63) is 52.5 Å². The quantitative estimate of drug-likeness (QED) is 0.559. The Kier molecular flexibility index (Phi) is 6.14. The van der Waals surface area contributed by atoms with Crippen LogP contribution in [0.5, 0.6) is 11.5 Å². The molecule has 0 unspecified atom stereocenters. The Hall–Kier alpha value is -2.41. The van der Waals surface area contributed by atoms with Crippen LogP contribution in [0.1, 0.15) is 18.1 Å². The van der Waals surface area contributed by atoms with Crippen LogP contribution in [0, 0.1) is 0 Å². The molecular formula is C17H16ClF3N2O2. The van der Waals surface area contributed by atoms with E-state index in [4.69, 9.17) is 21.1 Å². The predicted octanol–water partition coefficient (Wildman–Crippen LogP) is 5.21. The van der Waals surface area contributed by atoms with Gasteiger partial charge >= 0.3 is 6.18 Å². The zero-order chi connectivity index (χ0) is 18.4. The molecule has 2 rings (SSSR count). The number of hydrazone groups is 1. The molecule has 2 aromatic rings. The molecule has 4 nitrogen and oxygen atoms in total. The molecule has 0 spiro atoms. The molecule has 0 fully saturated rings. The normalized spacial score (nSPS) is 11.6. The molecule has 8 heteroatoms. The Morgan fingerprint density at radius 3 is 2.56 bits per heavy atom. The van der Waals surface area contributed by atoms with E-state index in [-0.39, 0.29) is 10.7 Å². The van der Waals surface area contributed by atoms with Gasteiger partial charge in [-0.05, 0) is 48.9 Å². The van der Waals surface area contributed by atoms with Crippen LogP contribution in [-0.2, 0) is 6.18 Å². The van der Waals surface area contributed by atoms with Gasteiger partial charge in [0.05, 0.1) is 36.2 Å². The minimum Gasteiger partial charge on any atom is -0.493 e. The molecule has 0 amide bonds.